The summed E-state index contributed by atoms with van der Waals surface area (Å²) in [5.41, 5.74) is -1.34. The zero-order valence-electron chi connectivity index (χ0n) is 23.4. The quantitative estimate of drug-likeness (QED) is 0.119. The second kappa shape index (κ2) is 12.9. The highest BCUT2D eigenvalue weighted by Gasteiger charge is 2.46. The van der Waals surface area contributed by atoms with Crippen molar-refractivity contribution in [1.29, 1.82) is 0 Å². The Balaban J connectivity index is 1.61. The number of aliphatic hydroxyl groups is 8. The van der Waals surface area contributed by atoms with E-state index in [4.69, 9.17) is 28.1 Å². The molecule has 0 saturated carbocycles. The van der Waals surface area contributed by atoms with Crippen molar-refractivity contribution in [2.45, 2.75) is 61.4 Å². The number of aliphatic hydroxyl groups excluding tert-OH is 8. The summed E-state index contributed by atoms with van der Waals surface area (Å²) in [6.07, 6.45) is -16.8. The molecule has 3 heterocycles. The van der Waals surface area contributed by atoms with Crippen molar-refractivity contribution in [3.8, 4) is 40.1 Å². The fraction of sp³-hybridized carbons (Fsp3) is 0.464. The summed E-state index contributed by atoms with van der Waals surface area (Å²) in [4.78, 5) is 13.8. The summed E-state index contributed by atoms with van der Waals surface area (Å²) >= 11 is 0. The van der Waals surface area contributed by atoms with Gasteiger partial charge in [0.25, 0.3) is 0 Å². The van der Waals surface area contributed by atoms with E-state index >= 15 is 0 Å². The molecule has 17 nitrogen and oxygen atoms in total. The Bertz CT molecular complexity index is 1570. The standard InChI is InChI=1S/C28H32O17/c1-40-13-3-2-9(4-11(13)31)25-26(45-28-24(39)22(37)19(34)16(8-30)44-28)20(35)17-12(32)5-10(6-14(17)42-25)41-27-23(38)21(36)18(33)15(7-29)43-27/h2-6,15-16,18-19,21-24,27-34,36-39H,7-8H2,1H3/t15-,16-,18-,19-,21+,22+,23-,24-,27-,28+/m1/s1. The molecule has 2 aromatic carbocycles. The van der Waals surface area contributed by atoms with Crippen LogP contribution in [0.5, 0.6) is 28.7 Å². The molecule has 1 aromatic heterocycles. The van der Waals surface area contributed by atoms with Crippen LogP contribution in [-0.2, 0) is 9.47 Å². The van der Waals surface area contributed by atoms with E-state index in [0.717, 1.165) is 18.2 Å². The first kappa shape index (κ1) is 32.6. The number of phenolic OH excluding ortho intramolecular Hbond substituents is 2. The predicted octanol–water partition coefficient (Wildman–Crippen LogP) is -2.76. The van der Waals surface area contributed by atoms with Crippen LogP contribution in [0.15, 0.2) is 39.5 Å². The van der Waals surface area contributed by atoms with Crippen molar-refractivity contribution in [2.24, 2.45) is 0 Å². The zero-order valence-corrected chi connectivity index (χ0v) is 23.4. The van der Waals surface area contributed by atoms with Gasteiger partial charge in [-0.15, -0.1) is 0 Å². The molecule has 0 spiro atoms. The Kier molecular flexibility index (Phi) is 9.38. The Morgan fingerprint density at radius 1 is 0.733 bits per heavy atom. The molecule has 3 aromatic rings. The molecule has 2 fully saturated rings. The Labute approximate surface area is 252 Å². The number of aromatic hydroxyl groups is 2. The van der Waals surface area contributed by atoms with E-state index in [-0.39, 0.29) is 34.2 Å². The van der Waals surface area contributed by atoms with Gasteiger partial charge in [-0.05, 0) is 18.2 Å². The fourth-order valence-electron chi connectivity index (χ4n) is 5.03. The third kappa shape index (κ3) is 5.98. The van der Waals surface area contributed by atoms with Crippen molar-refractivity contribution in [1.82, 2.24) is 0 Å². The summed E-state index contributed by atoms with van der Waals surface area (Å²) in [5, 5.41) is 101. The lowest BCUT2D eigenvalue weighted by molar-refractivity contribution is -0.277. The van der Waals surface area contributed by atoms with E-state index in [1.54, 1.807) is 0 Å². The number of methoxy groups -OCH3 is 1. The van der Waals surface area contributed by atoms with Crippen LogP contribution in [0, 0.1) is 0 Å². The first-order valence-corrected chi connectivity index (χ1v) is 13.6. The number of phenols is 2. The van der Waals surface area contributed by atoms with Gasteiger partial charge in [0, 0.05) is 17.7 Å². The van der Waals surface area contributed by atoms with Crippen LogP contribution in [0.2, 0.25) is 0 Å². The molecule has 10 N–H and O–H groups in total. The smallest absolute Gasteiger partial charge is 0.239 e. The fourth-order valence-corrected chi connectivity index (χ4v) is 5.03. The van der Waals surface area contributed by atoms with Crippen LogP contribution in [0.25, 0.3) is 22.3 Å². The van der Waals surface area contributed by atoms with Crippen LogP contribution in [0.3, 0.4) is 0 Å². The summed E-state index contributed by atoms with van der Waals surface area (Å²) < 4.78 is 32.9. The van der Waals surface area contributed by atoms with Gasteiger partial charge in [-0.1, -0.05) is 0 Å². The third-order valence-corrected chi connectivity index (χ3v) is 7.53. The molecule has 2 saturated heterocycles. The number of ether oxygens (including phenoxy) is 5. The largest absolute Gasteiger partial charge is 0.507 e. The molecule has 0 bridgehead atoms. The molecule has 0 amide bonds. The van der Waals surface area contributed by atoms with E-state index in [9.17, 15) is 55.9 Å². The van der Waals surface area contributed by atoms with Crippen molar-refractivity contribution >= 4 is 11.0 Å². The highest BCUT2D eigenvalue weighted by atomic mass is 16.7. The summed E-state index contributed by atoms with van der Waals surface area (Å²) in [5.74, 6) is -2.35. The summed E-state index contributed by atoms with van der Waals surface area (Å²) in [6, 6.07) is 5.91. The van der Waals surface area contributed by atoms with Gasteiger partial charge in [-0.2, -0.15) is 0 Å². The molecule has 17 heteroatoms. The number of rotatable bonds is 8. The predicted molar refractivity (Wildman–Crippen MR) is 147 cm³/mol. The number of benzene rings is 2. The van der Waals surface area contributed by atoms with Crippen molar-refractivity contribution < 1.29 is 79.2 Å². The highest BCUT2D eigenvalue weighted by Crippen LogP contribution is 2.40. The molecular weight excluding hydrogens is 608 g/mol. The molecule has 0 radical (unpaired) electrons. The molecule has 246 valence electrons. The second-order valence-corrected chi connectivity index (χ2v) is 10.4. The van der Waals surface area contributed by atoms with Gasteiger partial charge in [0.1, 0.15) is 71.3 Å². The average molecular weight is 641 g/mol. The molecule has 0 aliphatic carbocycles. The minimum Gasteiger partial charge on any atom is -0.507 e. The first-order chi connectivity index (χ1) is 21.4. The van der Waals surface area contributed by atoms with E-state index < -0.39 is 96.9 Å². The summed E-state index contributed by atoms with van der Waals surface area (Å²) in [6.45, 7) is -1.51. The van der Waals surface area contributed by atoms with Crippen molar-refractivity contribution in [3.63, 3.8) is 0 Å². The maximum absolute atomic E-state index is 13.8. The van der Waals surface area contributed by atoms with Crippen LogP contribution in [0.4, 0.5) is 0 Å². The van der Waals surface area contributed by atoms with Gasteiger partial charge in [-0.25, -0.2) is 0 Å². The van der Waals surface area contributed by atoms with Gasteiger partial charge >= 0.3 is 0 Å². The average Bonchev–Trinajstić information content (AvgIpc) is 3.02. The van der Waals surface area contributed by atoms with E-state index in [1.807, 2.05) is 0 Å². The van der Waals surface area contributed by atoms with Gasteiger partial charge in [-0.3, -0.25) is 4.79 Å². The Morgan fingerprint density at radius 2 is 1.31 bits per heavy atom. The van der Waals surface area contributed by atoms with E-state index in [0.29, 0.717) is 0 Å². The number of hydrogen-bond donors (Lipinski definition) is 10. The lowest BCUT2D eigenvalue weighted by atomic mass is 9.99. The zero-order chi connectivity index (χ0) is 32.7. The summed E-state index contributed by atoms with van der Waals surface area (Å²) in [7, 11) is 1.30. The molecule has 0 unspecified atom stereocenters. The SMILES string of the molecule is COc1ccc(-c2oc3cc(O[C@@H]4O[C@H](CO)[C@@H](O)[C@H](O)[C@H]4O)cc(O)c3c(=O)c2O[C@@H]2O[C@H](CO)[C@@H](O)[C@H](O)[C@H]2O)cc1O. The molecular formula is C28H32O17. The number of hydrogen-bond acceptors (Lipinski definition) is 17. The van der Waals surface area contributed by atoms with Crippen LogP contribution >= 0.6 is 0 Å². The topological polar surface area (TPSA) is 279 Å². The van der Waals surface area contributed by atoms with E-state index in [1.165, 1.54) is 19.2 Å². The van der Waals surface area contributed by atoms with Gasteiger partial charge in [0.15, 0.2) is 17.3 Å². The van der Waals surface area contributed by atoms with Crippen LogP contribution < -0.4 is 19.6 Å². The maximum atomic E-state index is 13.8. The minimum atomic E-state index is -1.92. The first-order valence-electron chi connectivity index (χ1n) is 13.6. The van der Waals surface area contributed by atoms with Gasteiger partial charge in [0.2, 0.25) is 23.8 Å². The van der Waals surface area contributed by atoms with Gasteiger partial charge in [0.05, 0.1) is 20.3 Å². The van der Waals surface area contributed by atoms with Crippen LogP contribution in [-0.4, -0.2) is 133 Å². The highest BCUT2D eigenvalue weighted by molar-refractivity contribution is 5.88. The van der Waals surface area contributed by atoms with Crippen LogP contribution in [0.1, 0.15) is 0 Å². The molecule has 45 heavy (non-hydrogen) atoms. The second-order valence-electron chi connectivity index (χ2n) is 10.4. The maximum Gasteiger partial charge on any atom is 0.239 e. The van der Waals surface area contributed by atoms with Gasteiger partial charge < -0.3 is 79.2 Å². The Hall–Kier alpha value is -3.75. The molecule has 5 rings (SSSR count). The van der Waals surface area contributed by atoms with E-state index in [2.05, 4.69) is 0 Å². The van der Waals surface area contributed by atoms with Crippen molar-refractivity contribution in [2.75, 3.05) is 20.3 Å². The minimum absolute atomic E-state index is 0.0200. The van der Waals surface area contributed by atoms with Crippen molar-refractivity contribution in [3.05, 3.63) is 40.6 Å². The normalized spacial score (nSPS) is 31.9. The molecule has 2 aliphatic heterocycles. The lowest BCUT2D eigenvalue weighted by Gasteiger charge is -2.39. The molecule has 10 atom stereocenters. The monoisotopic (exact) mass is 640 g/mol. The Morgan fingerprint density at radius 3 is 1.84 bits per heavy atom. The third-order valence-electron chi connectivity index (χ3n) is 7.53. The lowest BCUT2D eigenvalue weighted by Crippen LogP contribution is -2.60. The molecule has 2 aliphatic rings. The number of fused-ring (bicyclic) bond motifs is 1.